The van der Waals surface area contributed by atoms with Gasteiger partial charge >= 0.3 is 0 Å². The molecule has 11 heavy (non-hydrogen) atoms. The highest BCUT2D eigenvalue weighted by atomic mass is 16.1. The van der Waals surface area contributed by atoms with E-state index in [1.165, 1.54) is 6.42 Å². The fraction of sp³-hybridized carbons (Fsp3) is 0.700. The number of rotatable bonds is 2. The van der Waals surface area contributed by atoms with Crippen molar-refractivity contribution >= 4 is 5.78 Å². The van der Waals surface area contributed by atoms with E-state index in [1.807, 2.05) is 6.92 Å². The molecule has 1 atom stereocenters. The van der Waals surface area contributed by atoms with Gasteiger partial charge in [-0.25, -0.2) is 0 Å². The minimum Gasteiger partial charge on any atom is -0.295 e. The summed E-state index contributed by atoms with van der Waals surface area (Å²) < 4.78 is 0. The van der Waals surface area contributed by atoms with E-state index in [2.05, 4.69) is 13.0 Å². The maximum absolute atomic E-state index is 11.2. The standard InChI is InChI=1S/C10H16O/c1-3-10(11)9-6-4-5-8(2)7-9/h6,8H,3-5,7H2,1-2H3. The summed E-state index contributed by atoms with van der Waals surface area (Å²) in [6.07, 6.45) is 6.14. The first-order valence-electron chi connectivity index (χ1n) is 4.46. The van der Waals surface area contributed by atoms with Crippen molar-refractivity contribution in [2.24, 2.45) is 5.92 Å². The van der Waals surface area contributed by atoms with Crippen LogP contribution in [0.5, 0.6) is 0 Å². The summed E-state index contributed by atoms with van der Waals surface area (Å²) in [5.74, 6) is 1.06. The molecule has 0 heterocycles. The molecule has 1 aliphatic carbocycles. The third-order valence-electron chi connectivity index (χ3n) is 2.30. The molecule has 0 N–H and O–H groups in total. The van der Waals surface area contributed by atoms with Gasteiger partial charge in [-0.1, -0.05) is 19.9 Å². The number of carbonyl (C=O) groups is 1. The van der Waals surface area contributed by atoms with Gasteiger partial charge < -0.3 is 0 Å². The van der Waals surface area contributed by atoms with Gasteiger partial charge in [-0.15, -0.1) is 0 Å². The number of carbonyl (C=O) groups excluding carboxylic acids is 1. The second kappa shape index (κ2) is 3.70. The molecule has 1 nitrogen and oxygen atoms in total. The molecule has 1 unspecified atom stereocenters. The molecule has 1 aliphatic rings. The summed E-state index contributed by atoms with van der Waals surface area (Å²) in [5, 5.41) is 0. The molecule has 1 rings (SSSR count). The maximum atomic E-state index is 11.2. The Morgan fingerprint density at radius 2 is 2.45 bits per heavy atom. The van der Waals surface area contributed by atoms with Crippen LogP contribution >= 0.6 is 0 Å². The molecule has 62 valence electrons. The van der Waals surface area contributed by atoms with Crippen molar-refractivity contribution in [3.05, 3.63) is 11.6 Å². The van der Waals surface area contributed by atoms with Crippen LogP contribution in [0.25, 0.3) is 0 Å². The van der Waals surface area contributed by atoms with E-state index in [-0.39, 0.29) is 0 Å². The average molecular weight is 152 g/mol. The monoisotopic (exact) mass is 152 g/mol. The Balaban J connectivity index is 2.57. The molecule has 0 radical (unpaired) electrons. The minimum atomic E-state index is 0.344. The third kappa shape index (κ3) is 2.18. The molecule has 0 bridgehead atoms. The van der Waals surface area contributed by atoms with Gasteiger partial charge in [-0.2, -0.15) is 0 Å². The highest BCUT2D eigenvalue weighted by molar-refractivity contribution is 5.95. The summed E-state index contributed by atoms with van der Waals surface area (Å²) in [7, 11) is 0. The van der Waals surface area contributed by atoms with Gasteiger partial charge in [0, 0.05) is 6.42 Å². The van der Waals surface area contributed by atoms with Crippen molar-refractivity contribution in [3.63, 3.8) is 0 Å². The first-order valence-corrected chi connectivity index (χ1v) is 4.46. The quantitative estimate of drug-likeness (QED) is 0.594. The molecule has 0 amide bonds. The summed E-state index contributed by atoms with van der Waals surface area (Å²) in [4.78, 5) is 11.2. The van der Waals surface area contributed by atoms with E-state index in [9.17, 15) is 4.79 Å². The first-order chi connectivity index (χ1) is 5.24. The van der Waals surface area contributed by atoms with Crippen LogP contribution in [-0.4, -0.2) is 5.78 Å². The maximum Gasteiger partial charge on any atom is 0.158 e. The lowest BCUT2D eigenvalue weighted by Crippen LogP contribution is -2.09. The van der Waals surface area contributed by atoms with Crippen LogP contribution in [-0.2, 0) is 4.79 Å². The Morgan fingerprint density at radius 3 is 3.00 bits per heavy atom. The van der Waals surface area contributed by atoms with E-state index in [0.29, 0.717) is 18.1 Å². The van der Waals surface area contributed by atoms with Crippen LogP contribution in [0.2, 0.25) is 0 Å². The fourth-order valence-corrected chi connectivity index (χ4v) is 1.56. The molecular formula is C10H16O. The molecule has 0 fully saturated rings. The summed E-state index contributed by atoms with van der Waals surface area (Å²) in [6, 6.07) is 0. The number of Topliss-reactive ketones (excluding diaryl/α,β-unsaturated/α-hetero) is 1. The summed E-state index contributed by atoms with van der Waals surface area (Å²) in [5.41, 5.74) is 1.08. The fourth-order valence-electron chi connectivity index (χ4n) is 1.56. The zero-order chi connectivity index (χ0) is 8.27. The van der Waals surface area contributed by atoms with Crippen molar-refractivity contribution in [2.75, 3.05) is 0 Å². The van der Waals surface area contributed by atoms with Gasteiger partial charge in [-0.05, 0) is 30.8 Å². The van der Waals surface area contributed by atoms with Gasteiger partial charge in [-0.3, -0.25) is 4.79 Å². The SMILES string of the molecule is CCC(=O)C1=CCCC(C)C1. The van der Waals surface area contributed by atoms with Gasteiger partial charge in [0.05, 0.1) is 0 Å². The topological polar surface area (TPSA) is 17.1 Å². The Hall–Kier alpha value is -0.590. The smallest absolute Gasteiger partial charge is 0.158 e. The number of ketones is 1. The van der Waals surface area contributed by atoms with Crippen LogP contribution in [0.15, 0.2) is 11.6 Å². The van der Waals surface area contributed by atoms with Crippen LogP contribution in [0.1, 0.15) is 39.5 Å². The Labute approximate surface area is 68.5 Å². The molecule has 0 spiro atoms. The second-order valence-corrected chi connectivity index (χ2v) is 3.39. The van der Waals surface area contributed by atoms with E-state index < -0.39 is 0 Å². The predicted molar refractivity (Wildman–Crippen MR) is 46.4 cm³/mol. The molecule has 0 aromatic heterocycles. The highest BCUT2D eigenvalue weighted by Gasteiger charge is 2.14. The highest BCUT2D eigenvalue weighted by Crippen LogP contribution is 2.24. The van der Waals surface area contributed by atoms with Gasteiger partial charge in [0.15, 0.2) is 5.78 Å². The number of allylic oxidation sites excluding steroid dienone is 2. The van der Waals surface area contributed by atoms with E-state index in [1.54, 1.807) is 0 Å². The molecular weight excluding hydrogens is 136 g/mol. The minimum absolute atomic E-state index is 0.344. The Bertz CT molecular complexity index is 179. The molecule has 0 saturated heterocycles. The van der Waals surface area contributed by atoms with Crippen LogP contribution < -0.4 is 0 Å². The first kappa shape index (κ1) is 8.51. The molecule has 0 aliphatic heterocycles. The lowest BCUT2D eigenvalue weighted by molar-refractivity contribution is -0.115. The Morgan fingerprint density at radius 1 is 1.73 bits per heavy atom. The van der Waals surface area contributed by atoms with Crippen molar-refractivity contribution in [1.29, 1.82) is 0 Å². The zero-order valence-electron chi connectivity index (χ0n) is 7.39. The Kier molecular flexibility index (Phi) is 2.86. The lowest BCUT2D eigenvalue weighted by Gasteiger charge is -2.17. The zero-order valence-corrected chi connectivity index (χ0v) is 7.39. The molecule has 0 saturated carbocycles. The van der Waals surface area contributed by atoms with Crippen molar-refractivity contribution in [3.8, 4) is 0 Å². The second-order valence-electron chi connectivity index (χ2n) is 3.39. The third-order valence-corrected chi connectivity index (χ3v) is 2.30. The molecule has 1 heteroatoms. The number of hydrogen-bond donors (Lipinski definition) is 0. The summed E-state index contributed by atoms with van der Waals surface area (Å²) >= 11 is 0. The van der Waals surface area contributed by atoms with E-state index in [4.69, 9.17) is 0 Å². The van der Waals surface area contributed by atoms with Crippen LogP contribution in [0.3, 0.4) is 0 Å². The number of hydrogen-bond acceptors (Lipinski definition) is 1. The van der Waals surface area contributed by atoms with Crippen molar-refractivity contribution < 1.29 is 4.79 Å². The normalized spacial score (nSPS) is 24.5. The van der Waals surface area contributed by atoms with Gasteiger partial charge in [0.25, 0.3) is 0 Å². The summed E-state index contributed by atoms with van der Waals surface area (Å²) in [6.45, 7) is 4.15. The van der Waals surface area contributed by atoms with E-state index >= 15 is 0 Å². The molecule has 0 aromatic rings. The van der Waals surface area contributed by atoms with Crippen LogP contribution in [0, 0.1) is 5.92 Å². The van der Waals surface area contributed by atoms with Crippen LogP contribution in [0.4, 0.5) is 0 Å². The predicted octanol–water partition coefficient (Wildman–Crippen LogP) is 2.71. The van der Waals surface area contributed by atoms with Crippen molar-refractivity contribution in [1.82, 2.24) is 0 Å². The van der Waals surface area contributed by atoms with E-state index in [0.717, 1.165) is 18.4 Å². The largest absolute Gasteiger partial charge is 0.295 e. The molecule has 0 aromatic carbocycles. The lowest BCUT2D eigenvalue weighted by atomic mass is 9.88. The average Bonchev–Trinajstić information content (AvgIpc) is 2.03. The van der Waals surface area contributed by atoms with Gasteiger partial charge in [0.1, 0.15) is 0 Å². The van der Waals surface area contributed by atoms with Gasteiger partial charge in [0.2, 0.25) is 0 Å². The van der Waals surface area contributed by atoms with Crippen molar-refractivity contribution in [2.45, 2.75) is 39.5 Å².